The molecule has 96 valence electrons. The normalized spacial score (nSPS) is 13.6. The van der Waals surface area contributed by atoms with Crippen LogP contribution in [-0.2, 0) is 10.0 Å². The van der Waals surface area contributed by atoms with E-state index in [1.807, 2.05) is 0 Å². The second-order valence-corrected chi connectivity index (χ2v) is 5.79. The zero-order chi connectivity index (χ0) is 13.1. The van der Waals surface area contributed by atoms with Gasteiger partial charge < -0.3 is 5.32 Å². The van der Waals surface area contributed by atoms with Crippen molar-refractivity contribution in [3.05, 3.63) is 29.0 Å². The fourth-order valence-electron chi connectivity index (χ4n) is 1.11. The Hall–Kier alpha value is -0.690. The Morgan fingerprint density at radius 3 is 2.65 bits per heavy atom. The van der Waals surface area contributed by atoms with Gasteiger partial charge in [-0.1, -0.05) is 11.6 Å². The SMILES string of the molecule is CNC(C)CNS(=O)(=O)c1ccc(Cl)cc1F. The molecule has 0 amide bonds. The highest BCUT2D eigenvalue weighted by atomic mass is 35.5. The van der Waals surface area contributed by atoms with Gasteiger partial charge in [0, 0.05) is 17.6 Å². The number of halogens is 2. The van der Waals surface area contributed by atoms with Gasteiger partial charge in [0.05, 0.1) is 0 Å². The van der Waals surface area contributed by atoms with Crippen molar-refractivity contribution >= 4 is 21.6 Å². The van der Waals surface area contributed by atoms with Gasteiger partial charge in [0.15, 0.2) is 0 Å². The summed E-state index contributed by atoms with van der Waals surface area (Å²) in [6.45, 7) is 1.99. The lowest BCUT2D eigenvalue weighted by Crippen LogP contribution is -2.37. The molecule has 4 nitrogen and oxygen atoms in total. The van der Waals surface area contributed by atoms with Gasteiger partial charge >= 0.3 is 0 Å². The van der Waals surface area contributed by atoms with Crippen LogP contribution in [0.5, 0.6) is 0 Å². The Bertz CT molecular complexity index is 493. The van der Waals surface area contributed by atoms with Crippen LogP contribution in [0.4, 0.5) is 4.39 Å². The topological polar surface area (TPSA) is 58.2 Å². The van der Waals surface area contributed by atoms with Gasteiger partial charge in [-0.05, 0) is 32.2 Å². The van der Waals surface area contributed by atoms with Crippen LogP contribution >= 0.6 is 11.6 Å². The van der Waals surface area contributed by atoms with E-state index in [-0.39, 0.29) is 17.6 Å². The van der Waals surface area contributed by atoms with E-state index in [4.69, 9.17) is 11.6 Å². The molecule has 2 N–H and O–H groups in total. The van der Waals surface area contributed by atoms with E-state index in [0.717, 1.165) is 12.1 Å². The highest BCUT2D eigenvalue weighted by Crippen LogP contribution is 2.18. The van der Waals surface area contributed by atoms with Gasteiger partial charge in [0.2, 0.25) is 10.0 Å². The molecule has 0 aromatic heterocycles. The van der Waals surface area contributed by atoms with Crippen molar-refractivity contribution in [1.29, 1.82) is 0 Å². The van der Waals surface area contributed by atoms with Crippen molar-refractivity contribution in [3.63, 3.8) is 0 Å². The molecule has 0 aliphatic carbocycles. The Morgan fingerprint density at radius 1 is 1.47 bits per heavy atom. The maximum atomic E-state index is 13.4. The van der Waals surface area contributed by atoms with Crippen molar-refractivity contribution in [2.75, 3.05) is 13.6 Å². The van der Waals surface area contributed by atoms with E-state index in [0.29, 0.717) is 0 Å². The van der Waals surface area contributed by atoms with E-state index >= 15 is 0 Å². The third-order valence-corrected chi connectivity index (χ3v) is 3.95. The summed E-state index contributed by atoms with van der Waals surface area (Å²) in [6.07, 6.45) is 0. The fourth-order valence-corrected chi connectivity index (χ4v) is 2.45. The second-order valence-electron chi connectivity index (χ2n) is 3.62. The minimum Gasteiger partial charge on any atom is -0.316 e. The van der Waals surface area contributed by atoms with Crippen molar-refractivity contribution in [2.45, 2.75) is 17.9 Å². The van der Waals surface area contributed by atoms with Crippen molar-refractivity contribution < 1.29 is 12.8 Å². The lowest BCUT2D eigenvalue weighted by atomic mass is 10.3. The van der Waals surface area contributed by atoms with Crippen LogP contribution in [0, 0.1) is 5.82 Å². The minimum atomic E-state index is -3.84. The Kier molecular flexibility index (Phi) is 4.88. The van der Waals surface area contributed by atoms with Gasteiger partial charge in [-0.2, -0.15) is 0 Å². The predicted molar refractivity (Wildman–Crippen MR) is 65.1 cm³/mol. The summed E-state index contributed by atoms with van der Waals surface area (Å²) in [5, 5.41) is 3.03. The number of hydrogen-bond donors (Lipinski definition) is 2. The molecular weight excluding hydrogens is 267 g/mol. The van der Waals surface area contributed by atoms with Gasteiger partial charge in [-0.3, -0.25) is 0 Å². The smallest absolute Gasteiger partial charge is 0.243 e. The number of nitrogens with one attached hydrogen (secondary N) is 2. The fraction of sp³-hybridized carbons (Fsp3) is 0.400. The third kappa shape index (κ3) is 3.92. The first kappa shape index (κ1) is 14.4. The van der Waals surface area contributed by atoms with Crippen LogP contribution in [0.3, 0.4) is 0 Å². The van der Waals surface area contributed by atoms with Crippen LogP contribution in [0.15, 0.2) is 23.1 Å². The minimum absolute atomic E-state index is 0.0415. The summed E-state index contributed by atoms with van der Waals surface area (Å²) in [7, 11) is -2.13. The van der Waals surface area contributed by atoms with E-state index in [9.17, 15) is 12.8 Å². The first-order valence-corrected chi connectivity index (χ1v) is 6.85. The molecule has 1 aromatic rings. The number of hydrogen-bond acceptors (Lipinski definition) is 3. The monoisotopic (exact) mass is 280 g/mol. The maximum Gasteiger partial charge on any atom is 0.243 e. The molecule has 7 heteroatoms. The molecule has 1 atom stereocenters. The Morgan fingerprint density at radius 2 is 2.12 bits per heavy atom. The van der Waals surface area contributed by atoms with Gasteiger partial charge in [0.25, 0.3) is 0 Å². The molecule has 0 bridgehead atoms. The van der Waals surface area contributed by atoms with E-state index in [1.165, 1.54) is 6.07 Å². The molecule has 0 spiro atoms. The van der Waals surface area contributed by atoms with E-state index < -0.39 is 20.7 Å². The number of likely N-dealkylation sites (N-methyl/N-ethyl adjacent to an activating group) is 1. The molecule has 1 unspecified atom stereocenters. The van der Waals surface area contributed by atoms with Crippen LogP contribution in [0.1, 0.15) is 6.92 Å². The first-order valence-electron chi connectivity index (χ1n) is 4.99. The predicted octanol–water partition coefficient (Wildman–Crippen LogP) is 1.37. The quantitative estimate of drug-likeness (QED) is 0.856. The van der Waals surface area contributed by atoms with Crippen LogP contribution < -0.4 is 10.0 Å². The average Bonchev–Trinajstić information content (AvgIpc) is 2.25. The molecule has 1 aromatic carbocycles. The zero-order valence-electron chi connectivity index (χ0n) is 9.50. The van der Waals surface area contributed by atoms with E-state index in [1.54, 1.807) is 14.0 Å². The molecule has 0 radical (unpaired) electrons. The molecule has 0 aliphatic heterocycles. The number of sulfonamides is 1. The standard InChI is InChI=1S/C10H14ClFN2O2S/c1-7(13-2)6-14-17(15,16)10-4-3-8(11)5-9(10)12/h3-5,7,13-14H,6H2,1-2H3. The van der Waals surface area contributed by atoms with Crippen LogP contribution in [0.25, 0.3) is 0 Å². The highest BCUT2D eigenvalue weighted by molar-refractivity contribution is 7.89. The molecule has 0 aliphatic rings. The maximum absolute atomic E-state index is 13.4. The summed E-state index contributed by atoms with van der Waals surface area (Å²) in [5.74, 6) is -0.859. The van der Waals surface area contributed by atoms with E-state index in [2.05, 4.69) is 10.0 Å². The second kappa shape index (κ2) is 5.77. The summed E-state index contributed by atoms with van der Waals surface area (Å²) in [5.41, 5.74) is 0. The molecule has 0 saturated carbocycles. The molecule has 0 fully saturated rings. The Labute approximate surface area is 105 Å². The lowest BCUT2D eigenvalue weighted by Gasteiger charge is -2.12. The molecular formula is C10H14ClFN2O2S. The van der Waals surface area contributed by atoms with Gasteiger partial charge in [-0.25, -0.2) is 17.5 Å². The summed E-state index contributed by atoms with van der Waals surface area (Å²) in [4.78, 5) is -0.398. The van der Waals surface area contributed by atoms with Crippen molar-refractivity contribution in [1.82, 2.24) is 10.0 Å². The van der Waals surface area contributed by atoms with Crippen molar-refractivity contribution in [3.8, 4) is 0 Å². The van der Waals surface area contributed by atoms with Crippen molar-refractivity contribution in [2.24, 2.45) is 0 Å². The average molecular weight is 281 g/mol. The number of rotatable bonds is 5. The summed E-state index contributed by atoms with van der Waals surface area (Å²) >= 11 is 5.55. The molecule has 17 heavy (non-hydrogen) atoms. The first-order chi connectivity index (χ1) is 7.86. The van der Waals surface area contributed by atoms with Crippen LogP contribution in [-0.4, -0.2) is 28.1 Å². The van der Waals surface area contributed by atoms with Gasteiger partial charge in [0.1, 0.15) is 10.7 Å². The molecule has 0 heterocycles. The molecule has 0 saturated heterocycles. The largest absolute Gasteiger partial charge is 0.316 e. The highest BCUT2D eigenvalue weighted by Gasteiger charge is 2.19. The zero-order valence-corrected chi connectivity index (χ0v) is 11.1. The third-order valence-electron chi connectivity index (χ3n) is 2.26. The number of benzene rings is 1. The van der Waals surface area contributed by atoms with Gasteiger partial charge in [-0.15, -0.1) is 0 Å². The van der Waals surface area contributed by atoms with Crippen LogP contribution in [0.2, 0.25) is 5.02 Å². The Balaban J connectivity index is 2.90. The summed E-state index contributed by atoms with van der Waals surface area (Å²) in [6, 6.07) is 3.41. The summed E-state index contributed by atoms with van der Waals surface area (Å²) < 4.78 is 39.3. The lowest BCUT2D eigenvalue weighted by molar-refractivity contribution is 0.540. The molecule has 1 rings (SSSR count).